The Bertz CT molecular complexity index is 1170. The zero-order chi connectivity index (χ0) is 25.8. The zero-order valence-corrected chi connectivity index (χ0v) is 21.6. The monoisotopic (exact) mass is 501 g/mol. The molecule has 0 bridgehead atoms. The molecular formula is C25H32ClN5O4. The second-order valence-electron chi connectivity index (χ2n) is 9.83. The van der Waals surface area contributed by atoms with Crippen molar-refractivity contribution in [3.63, 3.8) is 0 Å². The number of halogens is 1. The molecule has 1 aromatic heterocycles. The minimum absolute atomic E-state index is 0.0978. The van der Waals surface area contributed by atoms with Crippen LogP contribution in [0.5, 0.6) is 5.75 Å². The van der Waals surface area contributed by atoms with Gasteiger partial charge in [0.15, 0.2) is 0 Å². The van der Waals surface area contributed by atoms with Crippen molar-refractivity contribution in [1.29, 1.82) is 5.26 Å². The molecule has 3 rings (SSSR count). The molecule has 10 heteroatoms. The number of ether oxygens (including phenoxy) is 2. The molecule has 1 atom stereocenters. The fourth-order valence-corrected chi connectivity index (χ4v) is 4.11. The van der Waals surface area contributed by atoms with Crippen molar-refractivity contribution in [3.05, 3.63) is 50.9 Å². The lowest BCUT2D eigenvalue weighted by Crippen LogP contribution is -2.50. The third-order valence-corrected chi connectivity index (χ3v) is 5.53. The van der Waals surface area contributed by atoms with E-state index in [1.807, 2.05) is 39.5 Å². The normalized spacial score (nSPS) is 16.1. The number of carbonyl (C=O) groups is 1. The van der Waals surface area contributed by atoms with Gasteiger partial charge in [-0.05, 0) is 71.2 Å². The molecule has 1 fully saturated rings. The minimum atomic E-state index is -0.595. The van der Waals surface area contributed by atoms with Gasteiger partial charge >= 0.3 is 6.09 Å². The van der Waals surface area contributed by atoms with Gasteiger partial charge in [-0.3, -0.25) is 9.36 Å². The number of anilines is 1. The summed E-state index contributed by atoms with van der Waals surface area (Å²) < 4.78 is 12.6. The third-order valence-electron chi connectivity index (χ3n) is 5.30. The molecule has 1 aliphatic rings. The molecule has 1 saturated heterocycles. The van der Waals surface area contributed by atoms with Crippen LogP contribution in [-0.2, 0) is 11.3 Å². The van der Waals surface area contributed by atoms with E-state index in [9.17, 15) is 14.9 Å². The van der Waals surface area contributed by atoms with E-state index in [4.69, 9.17) is 21.1 Å². The molecule has 1 aromatic carbocycles. The number of benzene rings is 1. The van der Waals surface area contributed by atoms with Gasteiger partial charge in [-0.1, -0.05) is 11.6 Å². The number of aromatic nitrogens is 2. The summed E-state index contributed by atoms with van der Waals surface area (Å²) >= 11 is 6.18. The van der Waals surface area contributed by atoms with E-state index >= 15 is 0 Å². The van der Waals surface area contributed by atoms with Gasteiger partial charge in [-0.25, -0.2) is 9.78 Å². The van der Waals surface area contributed by atoms with Gasteiger partial charge in [-0.15, -0.1) is 0 Å². The van der Waals surface area contributed by atoms with Crippen molar-refractivity contribution in [1.82, 2.24) is 14.9 Å². The van der Waals surface area contributed by atoms with Crippen LogP contribution >= 0.6 is 11.6 Å². The number of piperidine rings is 1. The number of hydrogen-bond donors (Lipinski definition) is 1. The zero-order valence-electron chi connectivity index (χ0n) is 20.8. The van der Waals surface area contributed by atoms with Gasteiger partial charge in [0.1, 0.15) is 5.60 Å². The van der Waals surface area contributed by atoms with Gasteiger partial charge in [0.25, 0.3) is 5.56 Å². The fraction of sp³-hybridized carbons (Fsp3) is 0.520. The molecule has 2 aromatic rings. The maximum atomic E-state index is 13.4. The highest BCUT2D eigenvalue weighted by atomic mass is 35.5. The summed E-state index contributed by atoms with van der Waals surface area (Å²) in [6, 6.07) is 6.93. The molecule has 1 N–H and O–H groups in total. The Morgan fingerprint density at radius 3 is 2.77 bits per heavy atom. The molecule has 0 aliphatic carbocycles. The number of nitriles is 1. The SMILES string of the molecule is CC(C)Oc1cnc(N2CCC[C@@H](NC(=O)OC(C)(C)C)C2)n(Cc2cc(Cl)ccc2C#N)c1=O. The van der Waals surface area contributed by atoms with Crippen LogP contribution in [-0.4, -0.2) is 46.5 Å². The van der Waals surface area contributed by atoms with Gasteiger partial charge in [0.05, 0.1) is 30.5 Å². The summed E-state index contributed by atoms with van der Waals surface area (Å²) in [5.41, 5.74) is 0.0786. The predicted molar refractivity (Wildman–Crippen MR) is 134 cm³/mol. The van der Waals surface area contributed by atoms with Crippen LogP contribution in [0, 0.1) is 11.3 Å². The summed E-state index contributed by atoms with van der Waals surface area (Å²) in [5, 5.41) is 13.0. The van der Waals surface area contributed by atoms with Gasteiger partial charge in [0, 0.05) is 24.2 Å². The number of hydrogen-bond acceptors (Lipinski definition) is 7. The van der Waals surface area contributed by atoms with E-state index in [2.05, 4.69) is 16.4 Å². The molecule has 9 nitrogen and oxygen atoms in total. The average Bonchev–Trinajstić information content (AvgIpc) is 2.75. The number of alkyl carbamates (subject to hydrolysis) is 1. The number of nitrogens with one attached hydrogen (secondary N) is 1. The Kier molecular flexibility index (Phi) is 8.28. The molecule has 35 heavy (non-hydrogen) atoms. The topological polar surface area (TPSA) is 109 Å². The quantitative estimate of drug-likeness (QED) is 0.634. The van der Waals surface area contributed by atoms with Crippen molar-refractivity contribution < 1.29 is 14.3 Å². The third kappa shape index (κ3) is 7.12. The van der Waals surface area contributed by atoms with Crippen LogP contribution in [0.15, 0.2) is 29.2 Å². The number of rotatable bonds is 6. The smallest absolute Gasteiger partial charge is 0.407 e. The van der Waals surface area contributed by atoms with E-state index in [0.717, 1.165) is 12.8 Å². The standard InChI is InChI=1S/C25H32ClN5O4/c1-16(2)34-21-13-28-23(30-10-6-7-20(15-30)29-24(33)35-25(3,4)5)31(22(21)32)14-18-11-19(26)9-8-17(18)12-27/h8-9,11,13,16,20H,6-7,10,14-15H2,1-5H3,(H,29,33)/t20-/m1/s1. The fourth-order valence-electron chi connectivity index (χ4n) is 3.92. The van der Waals surface area contributed by atoms with Crippen LogP contribution in [0.4, 0.5) is 10.7 Å². The maximum absolute atomic E-state index is 13.4. The lowest BCUT2D eigenvalue weighted by atomic mass is 10.1. The first-order chi connectivity index (χ1) is 16.5. The summed E-state index contributed by atoms with van der Waals surface area (Å²) in [7, 11) is 0. The van der Waals surface area contributed by atoms with E-state index in [1.165, 1.54) is 10.8 Å². The molecule has 1 amide bonds. The van der Waals surface area contributed by atoms with Gasteiger partial charge in [-0.2, -0.15) is 5.26 Å². The van der Waals surface area contributed by atoms with Crippen molar-refractivity contribution in [2.75, 3.05) is 18.0 Å². The molecular weight excluding hydrogens is 470 g/mol. The lowest BCUT2D eigenvalue weighted by molar-refractivity contribution is 0.0499. The number of amides is 1. The molecule has 0 radical (unpaired) electrons. The molecule has 0 unspecified atom stereocenters. The second kappa shape index (κ2) is 11.0. The van der Waals surface area contributed by atoms with Crippen LogP contribution in [0.2, 0.25) is 5.02 Å². The summed E-state index contributed by atoms with van der Waals surface area (Å²) in [5.74, 6) is 0.565. The number of nitrogens with zero attached hydrogens (tertiary/aromatic N) is 4. The Morgan fingerprint density at radius 1 is 1.37 bits per heavy atom. The average molecular weight is 502 g/mol. The molecule has 0 saturated carbocycles. The minimum Gasteiger partial charge on any atom is -0.484 e. The lowest BCUT2D eigenvalue weighted by Gasteiger charge is -2.35. The number of carbonyl (C=O) groups excluding carboxylic acids is 1. The summed E-state index contributed by atoms with van der Waals surface area (Å²) in [6.07, 6.45) is 2.32. The Balaban J connectivity index is 1.95. The summed E-state index contributed by atoms with van der Waals surface area (Å²) in [6.45, 7) is 10.3. The highest BCUT2D eigenvalue weighted by molar-refractivity contribution is 6.30. The predicted octanol–water partition coefficient (Wildman–Crippen LogP) is 4.10. The molecule has 2 heterocycles. The first kappa shape index (κ1) is 26.4. The van der Waals surface area contributed by atoms with Crippen LogP contribution < -0.4 is 20.5 Å². The van der Waals surface area contributed by atoms with Crippen molar-refractivity contribution in [2.24, 2.45) is 0 Å². The van der Waals surface area contributed by atoms with Crippen LogP contribution in [0.25, 0.3) is 0 Å². The highest BCUT2D eigenvalue weighted by Crippen LogP contribution is 2.22. The second-order valence-corrected chi connectivity index (χ2v) is 10.3. The molecule has 188 valence electrons. The van der Waals surface area contributed by atoms with Gasteiger partial charge < -0.3 is 19.7 Å². The first-order valence-electron chi connectivity index (χ1n) is 11.7. The maximum Gasteiger partial charge on any atom is 0.407 e. The van der Waals surface area contributed by atoms with Gasteiger partial charge in [0.2, 0.25) is 11.7 Å². The molecule has 1 aliphatic heterocycles. The Hall–Kier alpha value is -3.25. The van der Waals surface area contributed by atoms with Crippen LogP contribution in [0.3, 0.4) is 0 Å². The molecule has 0 spiro atoms. The van der Waals surface area contributed by atoms with Crippen molar-refractivity contribution in [2.45, 2.75) is 71.8 Å². The van der Waals surface area contributed by atoms with Crippen LogP contribution in [0.1, 0.15) is 58.6 Å². The van der Waals surface area contributed by atoms with E-state index in [0.29, 0.717) is 35.2 Å². The van der Waals surface area contributed by atoms with E-state index in [-0.39, 0.29) is 30.0 Å². The summed E-state index contributed by atoms with van der Waals surface area (Å²) in [4.78, 5) is 32.3. The Morgan fingerprint density at radius 2 is 2.11 bits per heavy atom. The van der Waals surface area contributed by atoms with E-state index < -0.39 is 11.7 Å². The van der Waals surface area contributed by atoms with E-state index in [1.54, 1.807) is 18.2 Å². The Labute approximate surface area is 210 Å². The van der Waals surface area contributed by atoms with Crippen molar-refractivity contribution >= 4 is 23.6 Å². The first-order valence-corrected chi connectivity index (χ1v) is 12.0. The largest absolute Gasteiger partial charge is 0.484 e. The van der Waals surface area contributed by atoms with Crippen molar-refractivity contribution in [3.8, 4) is 11.8 Å². The highest BCUT2D eigenvalue weighted by Gasteiger charge is 2.27.